The van der Waals surface area contributed by atoms with Gasteiger partial charge in [-0.2, -0.15) is 0 Å². The normalized spacial score (nSPS) is 20.9. The Kier molecular flexibility index (Phi) is 3.73. The number of hydrogen-bond donors (Lipinski definition) is 1. The van der Waals surface area contributed by atoms with Crippen LogP contribution in [0, 0.1) is 12.3 Å². The molecular weight excluding hydrogens is 284 g/mol. The van der Waals surface area contributed by atoms with Gasteiger partial charge in [-0.3, -0.25) is 0 Å². The Bertz CT molecular complexity index is 610. The average molecular weight is 306 g/mol. The lowest BCUT2D eigenvalue weighted by atomic mass is 9.76. The Hall–Kier alpha value is -0.710. The SMILES string of the molecule is CCNC1CC(C)(C)Cc2nc(-c3ccc(C)s3)sc21. The summed E-state index contributed by atoms with van der Waals surface area (Å²) in [5, 5.41) is 4.84. The van der Waals surface area contributed by atoms with Crippen molar-refractivity contribution in [2.24, 2.45) is 5.41 Å². The molecule has 0 bridgehead atoms. The molecule has 0 aromatic carbocycles. The number of nitrogens with one attached hydrogen (secondary N) is 1. The van der Waals surface area contributed by atoms with Gasteiger partial charge >= 0.3 is 0 Å². The van der Waals surface area contributed by atoms with Gasteiger partial charge in [0.25, 0.3) is 0 Å². The maximum atomic E-state index is 4.95. The molecule has 2 aromatic heterocycles. The molecular formula is C16H22N2S2. The smallest absolute Gasteiger partial charge is 0.133 e. The van der Waals surface area contributed by atoms with E-state index in [4.69, 9.17) is 4.98 Å². The van der Waals surface area contributed by atoms with Gasteiger partial charge in [0.2, 0.25) is 0 Å². The van der Waals surface area contributed by atoms with E-state index in [0.29, 0.717) is 11.5 Å². The number of thiazole rings is 1. The summed E-state index contributed by atoms with van der Waals surface area (Å²) in [6.07, 6.45) is 2.31. The summed E-state index contributed by atoms with van der Waals surface area (Å²) in [5.74, 6) is 0. The van der Waals surface area contributed by atoms with Crippen LogP contribution in [0.25, 0.3) is 9.88 Å². The van der Waals surface area contributed by atoms with Crippen molar-refractivity contribution < 1.29 is 0 Å². The van der Waals surface area contributed by atoms with Crippen LogP contribution in [0.2, 0.25) is 0 Å². The van der Waals surface area contributed by atoms with Gasteiger partial charge < -0.3 is 5.32 Å². The Morgan fingerprint density at radius 3 is 2.80 bits per heavy atom. The van der Waals surface area contributed by atoms with Crippen molar-refractivity contribution in [1.29, 1.82) is 0 Å². The molecule has 1 N–H and O–H groups in total. The first-order valence-corrected chi connectivity index (χ1v) is 8.91. The third kappa shape index (κ3) is 2.69. The highest BCUT2D eigenvalue weighted by atomic mass is 32.1. The Labute approximate surface area is 129 Å². The number of thiophene rings is 1. The summed E-state index contributed by atoms with van der Waals surface area (Å²) in [7, 11) is 0. The molecule has 0 amide bonds. The number of fused-ring (bicyclic) bond motifs is 1. The molecule has 20 heavy (non-hydrogen) atoms. The Morgan fingerprint density at radius 2 is 2.15 bits per heavy atom. The van der Waals surface area contributed by atoms with Gasteiger partial charge in [0.15, 0.2) is 0 Å². The minimum atomic E-state index is 0.344. The lowest BCUT2D eigenvalue weighted by molar-refractivity contribution is 0.260. The molecule has 2 aromatic rings. The van der Waals surface area contributed by atoms with Gasteiger partial charge in [0, 0.05) is 15.8 Å². The van der Waals surface area contributed by atoms with E-state index in [1.165, 1.54) is 31.8 Å². The molecule has 0 fully saturated rings. The molecule has 0 saturated carbocycles. The van der Waals surface area contributed by atoms with Gasteiger partial charge in [0.05, 0.1) is 10.6 Å². The van der Waals surface area contributed by atoms with Crippen molar-refractivity contribution in [2.75, 3.05) is 6.54 Å². The lowest BCUT2D eigenvalue weighted by Gasteiger charge is -2.34. The predicted molar refractivity (Wildman–Crippen MR) is 88.7 cm³/mol. The third-order valence-corrected chi connectivity index (χ3v) is 6.23. The number of hydrogen-bond acceptors (Lipinski definition) is 4. The minimum Gasteiger partial charge on any atom is -0.309 e. The molecule has 0 aliphatic heterocycles. The first-order valence-electron chi connectivity index (χ1n) is 7.28. The molecule has 4 heteroatoms. The second-order valence-corrected chi connectivity index (χ2v) is 8.71. The summed E-state index contributed by atoms with van der Waals surface area (Å²) < 4.78 is 0. The lowest BCUT2D eigenvalue weighted by Crippen LogP contribution is -2.32. The van der Waals surface area contributed by atoms with Crippen LogP contribution in [0.1, 0.15) is 48.7 Å². The molecule has 1 unspecified atom stereocenters. The van der Waals surface area contributed by atoms with Crippen molar-refractivity contribution in [1.82, 2.24) is 10.3 Å². The number of aryl methyl sites for hydroxylation is 1. The van der Waals surface area contributed by atoms with Crippen LogP contribution in [0.3, 0.4) is 0 Å². The summed E-state index contributed by atoms with van der Waals surface area (Å²) in [6, 6.07) is 4.87. The Balaban J connectivity index is 1.99. The van der Waals surface area contributed by atoms with E-state index >= 15 is 0 Å². The highest BCUT2D eigenvalue weighted by molar-refractivity contribution is 7.21. The van der Waals surface area contributed by atoms with Crippen LogP contribution in [0.15, 0.2) is 12.1 Å². The number of aromatic nitrogens is 1. The maximum Gasteiger partial charge on any atom is 0.133 e. The molecule has 0 radical (unpaired) electrons. The van der Waals surface area contributed by atoms with E-state index in [2.05, 4.69) is 45.1 Å². The molecule has 2 nitrogen and oxygen atoms in total. The molecule has 1 aliphatic carbocycles. The highest BCUT2D eigenvalue weighted by Gasteiger charge is 2.34. The average Bonchev–Trinajstić information content (AvgIpc) is 2.94. The van der Waals surface area contributed by atoms with E-state index < -0.39 is 0 Å². The molecule has 108 valence electrons. The predicted octanol–water partition coefficient (Wildman–Crippen LogP) is 4.80. The van der Waals surface area contributed by atoms with Gasteiger partial charge in [0.1, 0.15) is 5.01 Å². The van der Waals surface area contributed by atoms with Crippen molar-refractivity contribution in [3.05, 3.63) is 27.6 Å². The van der Waals surface area contributed by atoms with Crippen molar-refractivity contribution >= 4 is 22.7 Å². The standard InChI is InChI=1S/C16H22N2S2/c1-5-17-11-8-16(3,4)9-12-14(11)20-15(18-12)13-7-6-10(2)19-13/h6-7,11,17H,5,8-9H2,1-4H3. The van der Waals surface area contributed by atoms with Gasteiger partial charge in [-0.25, -0.2) is 4.98 Å². The first-order chi connectivity index (χ1) is 9.48. The molecule has 0 saturated heterocycles. The number of nitrogens with zero attached hydrogens (tertiary/aromatic N) is 1. The maximum absolute atomic E-state index is 4.95. The molecule has 2 heterocycles. The molecule has 3 rings (SSSR count). The van der Waals surface area contributed by atoms with E-state index in [1.807, 2.05) is 22.7 Å². The fraction of sp³-hybridized carbons (Fsp3) is 0.562. The zero-order valence-electron chi connectivity index (χ0n) is 12.6. The summed E-state index contributed by atoms with van der Waals surface area (Å²) in [6.45, 7) is 10.1. The third-order valence-electron chi connectivity index (χ3n) is 3.85. The summed E-state index contributed by atoms with van der Waals surface area (Å²) in [5.41, 5.74) is 1.66. The van der Waals surface area contributed by atoms with Crippen LogP contribution >= 0.6 is 22.7 Å². The van der Waals surface area contributed by atoms with E-state index in [0.717, 1.165) is 13.0 Å². The largest absolute Gasteiger partial charge is 0.309 e. The molecule has 1 aliphatic rings. The van der Waals surface area contributed by atoms with Crippen LogP contribution < -0.4 is 5.32 Å². The topological polar surface area (TPSA) is 24.9 Å². The zero-order valence-corrected chi connectivity index (χ0v) is 14.3. The van der Waals surface area contributed by atoms with Crippen LogP contribution in [-0.2, 0) is 6.42 Å². The number of rotatable bonds is 3. The minimum absolute atomic E-state index is 0.344. The molecule has 1 atom stereocenters. The quantitative estimate of drug-likeness (QED) is 0.881. The fourth-order valence-electron chi connectivity index (χ4n) is 3.00. The first kappa shape index (κ1) is 14.2. The Morgan fingerprint density at radius 1 is 1.35 bits per heavy atom. The van der Waals surface area contributed by atoms with Crippen LogP contribution in [0.5, 0.6) is 0 Å². The van der Waals surface area contributed by atoms with Crippen LogP contribution in [0.4, 0.5) is 0 Å². The zero-order chi connectivity index (χ0) is 14.3. The summed E-state index contributed by atoms with van der Waals surface area (Å²) >= 11 is 3.73. The van der Waals surface area contributed by atoms with Crippen molar-refractivity contribution in [2.45, 2.75) is 46.6 Å². The summed E-state index contributed by atoms with van der Waals surface area (Å²) in [4.78, 5) is 9.09. The van der Waals surface area contributed by atoms with E-state index in [9.17, 15) is 0 Å². The van der Waals surface area contributed by atoms with E-state index in [-0.39, 0.29) is 0 Å². The fourth-order valence-corrected chi connectivity index (χ4v) is 5.08. The second kappa shape index (κ2) is 5.24. The second-order valence-electron chi connectivity index (χ2n) is 6.40. The van der Waals surface area contributed by atoms with Gasteiger partial charge in [-0.05, 0) is 43.9 Å². The van der Waals surface area contributed by atoms with Crippen molar-refractivity contribution in [3.8, 4) is 9.88 Å². The molecule has 0 spiro atoms. The van der Waals surface area contributed by atoms with Gasteiger partial charge in [-0.1, -0.05) is 20.8 Å². The van der Waals surface area contributed by atoms with Gasteiger partial charge in [-0.15, -0.1) is 22.7 Å². The van der Waals surface area contributed by atoms with Crippen molar-refractivity contribution in [3.63, 3.8) is 0 Å². The van der Waals surface area contributed by atoms with E-state index in [1.54, 1.807) is 0 Å². The highest BCUT2D eigenvalue weighted by Crippen LogP contribution is 2.45. The van der Waals surface area contributed by atoms with Crippen LogP contribution in [-0.4, -0.2) is 11.5 Å². The monoisotopic (exact) mass is 306 g/mol.